The summed E-state index contributed by atoms with van der Waals surface area (Å²) in [4.78, 5) is 29.7. The molecule has 0 aliphatic heterocycles. The monoisotopic (exact) mass is 435 g/mol. The Hall–Kier alpha value is -2.83. The van der Waals surface area contributed by atoms with E-state index in [-0.39, 0.29) is 29.9 Å². The van der Waals surface area contributed by atoms with Crippen LogP contribution in [0.15, 0.2) is 42.7 Å². The third-order valence-corrected chi connectivity index (χ3v) is 7.61. The molecular formula is C25H33N5O2. The highest BCUT2D eigenvalue weighted by molar-refractivity contribution is 5.79. The van der Waals surface area contributed by atoms with E-state index in [4.69, 9.17) is 0 Å². The normalized spacial score (nSPS) is 28.8. The first kappa shape index (κ1) is 21.0. The SMILES string of the molecule is Cn1ccnc1[C@@H](NC(=O)CCNC(=O)NC12CC3CC(CC(C3)C1)C2)c1ccccc1. The van der Waals surface area contributed by atoms with Crippen LogP contribution in [0, 0.1) is 17.8 Å². The lowest BCUT2D eigenvalue weighted by Gasteiger charge is -2.56. The van der Waals surface area contributed by atoms with E-state index in [9.17, 15) is 9.59 Å². The molecule has 4 bridgehead atoms. The number of nitrogens with zero attached hydrogens (tertiary/aromatic N) is 2. The van der Waals surface area contributed by atoms with Gasteiger partial charge in [-0.25, -0.2) is 9.78 Å². The molecule has 7 heteroatoms. The number of aryl methyl sites for hydroxylation is 1. The summed E-state index contributed by atoms with van der Waals surface area (Å²) < 4.78 is 1.91. The summed E-state index contributed by atoms with van der Waals surface area (Å²) in [7, 11) is 1.92. The number of aromatic nitrogens is 2. The molecule has 0 spiro atoms. The van der Waals surface area contributed by atoms with Crippen LogP contribution in [0.4, 0.5) is 4.79 Å². The fourth-order valence-electron chi connectivity index (χ4n) is 6.67. The molecule has 4 fully saturated rings. The number of urea groups is 1. The van der Waals surface area contributed by atoms with Gasteiger partial charge in [0.15, 0.2) is 0 Å². The molecule has 1 atom stereocenters. The van der Waals surface area contributed by atoms with Gasteiger partial charge >= 0.3 is 6.03 Å². The summed E-state index contributed by atoms with van der Waals surface area (Å²) >= 11 is 0. The molecule has 6 rings (SSSR count). The summed E-state index contributed by atoms with van der Waals surface area (Å²) in [6.07, 6.45) is 11.2. The van der Waals surface area contributed by atoms with Crippen molar-refractivity contribution in [1.82, 2.24) is 25.5 Å². The molecule has 2 aromatic rings. The third kappa shape index (κ3) is 4.38. The maximum atomic E-state index is 12.7. The summed E-state index contributed by atoms with van der Waals surface area (Å²) in [5.74, 6) is 3.02. The molecule has 4 saturated carbocycles. The van der Waals surface area contributed by atoms with E-state index in [1.165, 1.54) is 19.3 Å². The van der Waals surface area contributed by atoms with Crippen LogP contribution < -0.4 is 16.0 Å². The summed E-state index contributed by atoms with van der Waals surface area (Å²) in [6.45, 7) is 0.312. The minimum Gasteiger partial charge on any atom is -0.342 e. The first-order valence-electron chi connectivity index (χ1n) is 11.9. The van der Waals surface area contributed by atoms with Crippen LogP contribution in [0.1, 0.15) is 62.4 Å². The Balaban J connectivity index is 1.14. The number of amides is 3. The van der Waals surface area contributed by atoms with Gasteiger partial charge in [0.1, 0.15) is 11.9 Å². The number of rotatable bonds is 7. The lowest BCUT2D eigenvalue weighted by molar-refractivity contribution is -0.121. The predicted octanol–water partition coefficient (Wildman–Crippen LogP) is 3.28. The molecular weight excluding hydrogens is 402 g/mol. The smallest absolute Gasteiger partial charge is 0.315 e. The van der Waals surface area contributed by atoms with Gasteiger partial charge in [-0.1, -0.05) is 30.3 Å². The van der Waals surface area contributed by atoms with Crippen molar-refractivity contribution in [2.75, 3.05) is 6.54 Å². The van der Waals surface area contributed by atoms with Crippen molar-refractivity contribution < 1.29 is 9.59 Å². The molecule has 0 unspecified atom stereocenters. The van der Waals surface area contributed by atoms with Crippen LogP contribution >= 0.6 is 0 Å². The largest absolute Gasteiger partial charge is 0.342 e. The highest BCUT2D eigenvalue weighted by atomic mass is 16.2. The van der Waals surface area contributed by atoms with E-state index in [2.05, 4.69) is 20.9 Å². The number of benzene rings is 1. The van der Waals surface area contributed by atoms with Crippen molar-refractivity contribution in [1.29, 1.82) is 0 Å². The zero-order chi connectivity index (χ0) is 22.1. The minimum absolute atomic E-state index is 0.0162. The second-order valence-corrected chi connectivity index (χ2v) is 10.1. The topological polar surface area (TPSA) is 88.1 Å². The Morgan fingerprint density at radius 3 is 2.34 bits per heavy atom. The van der Waals surface area contributed by atoms with E-state index in [1.807, 2.05) is 48.1 Å². The highest BCUT2D eigenvalue weighted by Gasteiger charge is 2.51. The van der Waals surface area contributed by atoms with Gasteiger partial charge in [0.05, 0.1) is 0 Å². The zero-order valence-electron chi connectivity index (χ0n) is 18.7. The van der Waals surface area contributed by atoms with E-state index in [1.54, 1.807) is 6.20 Å². The van der Waals surface area contributed by atoms with Gasteiger partial charge in [-0.15, -0.1) is 0 Å². The molecule has 1 heterocycles. The average Bonchev–Trinajstić information content (AvgIpc) is 3.17. The molecule has 170 valence electrons. The van der Waals surface area contributed by atoms with Crippen LogP contribution in [0.25, 0.3) is 0 Å². The third-order valence-electron chi connectivity index (χ3n) is 7.61. The molecule has 0 saturated heterocycles. The number of carbonyl (C=O) groups is 2. The van der Waals surface area contributed by atoms with E-state index in [0.717, 1.165) is 48.4 Å². The van der Waals surface area contributed by atoms with Gasteiger partial charge in [-0.3, -0.25) is 4.79 Å². The minimum atomic E-state index is -0.329. The molecule has 0 radical (unpaired) electrons. The summed E-state index contributed by atoms with van der Waals surface area (Å²) in [6, 6.07) is 9.36. The van der Waals surface area contributed by atoms with Gasteiger partial charge in [0.2, 0.25) is 5.91 Å². The standard InChI is InChI=1S/C25H33N5O2/c1-30-10-9-26-23(30)22(20-5-3-2-4-6-20)28-21(31)7-8-27-24(32)29-25-14-17-11-18(15-25)13-19(12-17)16-25/h2-6,9-10,17-19,22H,7-8,11-16H2,1H3,(H,28,31)(H2,27,29,32)/t17?,18?,19?,22-,25?/m0/s1. The number of imidazole rings is 1. The number of carbonyl (C=O) groups excluding carboxylic acids is 2. The Bertz CT molecular complexity index is 934. The van der Waals surface area contributed by atoms with Crippen LogP contribution in [0.3, 0.4) is 0 Å². The van der Waals surface area contributed by atoms with Crippen molar-refractivity contribution in [3.05, 3.63) is 54.1 Å². The van der Waals surface area contributed by atoms with Gasteiger partial charge in [-0.05, 0) is 61.8 Å². The first-order chi connectivity index (χ1) is 15.5. The van der Waals surface area contributed by atoms with Gasteiger partial charge < -0.3 is 20.5 Å². The van der Waals surface area contributed by atoms with Crippen molar-refractivity contribution >= 4 is 11.9 Å². The van der Waals surface area contributed by atoms with Crippen LogP contribution in [0.2, 0.25) is 0 Å². The fourth-order valence-corrected chi connectivity index (χ4v) is 6.67. The van der Waals surface area contributed by atoms with Crippen molar-refractivity contribution in [3.63, 3.8) is 0 Å². The Kier molecular flexibility index (Phi) is 5.66. The Morgan fingerprint density at radius 1 is 1.09 bits per heavy atom. The number of nitrogens with one attached hydrogen (secondary N) is 3. The summed E-state index contributed by atoms with van der Waals surface area (Å²) in [5, 5.41) is 9.30. The maximum absolute atomic E-state index is 12.7. The van der Waals surface area contributed by atoms with E-state index >= 15 is 0 Å². The highest BCUT2D eigenvalue weighted by Crippen LogP contribution is 2.55. The predicted molar refractivity (Wildman–Crippen MR) is 122 cm³/mol. The fraction of sp³-hybridized carbons (Fsp3) is 0.560. The van der Waals surface area contributed by atoms with Crippen molar-refractivity contribution in [3.8, 4) is 0 Å². The quantitative estimate of drug-likeness (QED) is 0.624. The lowest BCUT2D eigenvalue weighted by atomic mass is 9.53. The molecule has 3 N–H and O–H groups in total. The van der Waals surface area contributed by atoms with Crippen molar-refractivity contribution in [2.45, 2.75) is 56.5 Å². The number of hydrogen-bond acceptors (Lipinski definition) is 3. The lowest BCUT2D eigenvalue weighted by Crippen LogP contribution is -2.61. The van der Waals surface area contributed by atoms with Crippen LogP contribution in [-0.4, -0.2) is 33.6 Å². The Morgan fingerprint density at radius 2 is 1.75 bits per heavy atom. The van der Waals surface area contributed by atoms with Crippen molar-refractivity contribution in [2.24, 2.45) is 24.8 Å². The molecule has 4 aliphatic rings. The van der Waals surface area contributed by atoms with Gasteiger partial charge in [0, 0.05) is 37.9 Å². The molecule has 1 aromatic carbocycles. The van der Waals surface area contributed by atoms with Gasteiger partial charge in [0.25, 0.3) is 0 Å². The average molecular weight is 436 g/mol. The van der Waals surface area contributed by atoms with Crippen LogP contribution in [0.5, 0.6) is 0 Å². The molecule has 32 heavy (non-hydrogen) atoms. The molecule has 3 amide bonds. The maximum Gasteiger partial charge on any atom is 0.315 e. The second kappa shape index (κ2) is 8.60. The van der Waals surface area contributed by atoms with Gasteiger partial charge in [-0.2, -0.15) is 0 Å². The summed E-state index contributed by atoms with van der Waals surface area (Å²) in [5.41, 5.74) is 0.959. The second-order valence-electron chi connectivity index (χ2n) is 10.1. The zero-order valence-corrected chi connectivity index (χ0v) is 18.7. The van der Waals surface area contributed by atoms with E-state index in [0.29, 0.717) is 6.54 Å². The molecule has 4 aliphatic carbocycles. The first-order valence-corrected chi connectivity index (χ1v) is 11.9. The number of hydrogen-bond donors (Lipinski definition) is 3. The molecule has 7 nitrogen and oxygen atoms in total. The molecule has 1 aromatic heterocycles. The van der Waals surface area contributed by atoms with Crippen LogP contribution in [-0.2, 0) is 11.8 Å². The van der Waals surface area contributed by atoms with E-state index < -0.39 is 0 Å². The Labute approximate surface area is 189 Å².